The SMILES string of the molecule is O=C(NCC1(c2ccccc2)CCCC1)[C@@H]1CC12CCN(C[C@H]1CC=CCC1)CC2. The summed E-state index contributed by atoms with van der Waals surface area (Å²) in [7, 11) is 0. The van der Waals surface area contributed by atoms with E-state index in [9.17, 15) is 4.79 Å². The van der Waals surface area contributed by atoms with E-state index in [0.29, 0.717) is 11.3 Å². The summed E-state index contributed by atoms with van der Waals surface area (Å²) in [6.07, 6.45) is 17.1. The summed E-state index contributed by atoms with van der Waals surface area (Å²) in [5, 5.41) is 3.41. The summed E-state index contributed by atoms with van der Waals surface area (Å²) in [5.41, 5.74) is 1.90. The Kier molecular flexibility index (Phi) is 5.75. The van der Waals surface area contributed by atoms with E-state index in [1.54, 1.807) is 0 Å². The molecular weight excluding hydrogens is 368 g/mol. The molecular formula is C27H38N2O. The summed E-state index contributed by atoms with van der Waals surface area (Å²) in [6, 6.07) is 10.9. The molecule has 0 aromatic heterocycles. The monoisotopic (exact) mass is 406 g/mol. The van der Waals surface area contributed by atoms with E-state index in [4.69, 9.17) is 0 Å². The van der Waals surface area contributed by atoms with Crippen molar-refractivity contribution in [1.29, 1.82) is 0 Å². The van der Waals surface area contributed by atoms with Crippen molar-refractivity contribution in [3.63, 3.8) is 0 Å². The number of carbonyl (C=O) groups is 1. The topological polar surface area (TPSA) is 32.3 Å². The van der Waals surface area contributed by atoms with Crippen LogP contribution in [0.15, 0.2) is 42.5 Å². The van der Waals surface area contributed by atoms with Crippen LogP contribution in [0.4, 0.5) is 0 Å². The predicted octanol–water partition coefficient (Wildman–Crippen LogP) is 5.07. The molecule has 5 rings (SSSR count). The highest BCUT2D eigenvalue weighted by Crippen LogP contribution is 2.59. The highest BCUT2D eigenvalue weighted by Gasteiger charge is 2.58. The molecule has 3 aliphatic carbocycles. The van der Waals surface area contributed by atoms with Crippen LogP contribution in [-0.2, 0) is 10.2 Å². The second kappa shape index (κ2) is 8.49. The number of likely N-dealkylation sites (tertiary alicyclic amines) is 1. The fourth-order valence-corrected chi connectivity index (χ4v) is 6.63. The number of hydrogen-bond donors (Lipinski definition) is 1. The van der Waals surface area contributed by atoms with Crippen LogP contribution in [0.2, 0.25) is 0 Å². The van der Waals surface area contributed by atoms with Gasteiger partial charge < -0.3 is 10.2 Å². The van der Waals surface area contributed by atoms with Gasteiger partial charge in [0.1, 0.15) is 0 Å². The van der Waals surface area contributed by atoms with Gasteiger partial charge in [-0.3, -0.25) is 4.79 Å². The molecule has 1 N–H and O–H groups in total. The Morgan fingerprint density at radius 3 is 2.50 bits per heavy atom. The number of benzene rings is 1. The fourth-order valence-electron chi connectivity index (χ4n) is 6.63. The molecule has 1 saturated heterocycles. The zero-order valence-corrected chi connectivity index (χ0v) is 18.5. The lowest BCUT2D eigenvalue weighted by Gasteiger charge is -2.35. The van der Waals surface area contributed by atoms with Crippen LogP contribution in [0.5, 0.6) is 0 Å². The Hall–Kier alpha value is -1.61. The number of carbonyl (C=O) groups excluding carboxylic acids is 1. The van der Waals surface area contributed by atoms with Crippen molar-refractivity contribution in [2.24, 2.45) is 17.3 Å². The van der Waals surface area contributed by atoms with Crippen molar-refractivity contribution in [2.45, 2.75) is 69.6 Å². The summed E-state index contributed by atoms with van der Waals surface area (Å²) in [6.45, 7) is 4.47. The van der Waals surface area contributed by atoms with Crippen LogP contribution in [0.25, 0.3) is 0 Å². The predicted molar refractivity (Wildman–Crippen MR) is 122 cm³/mol. The molecule has 3 fully saturated rings. The molecule has 0 unspecified atom stereocenters. The van der Waals surface area contributed by atoms with Gasteiger partial charge in [0.05, 0.1) is 0 Å². The Labute approximate surface area is 182 Å². The van der Waals surface area contributed by atoms with E-state index in [1.165, 1.54) is 83.0 Å². The first-order valence-electron chi connectivity index (χ1n) is 12.4. The molecule has 1 spiro atoms. The number of nitrogens with one attached hydrogen (secondary N) is 1. The molecule has 2 saturated carbocycles. The Morgan fingerprint density at radius 2 is 1.80 bits per heavy atom. The lowest BCUT2D eigenvalue weighted by Crippen LogP contribution is -2.42. The lowest BCUT2D eigenvalue weighted by atomic mass is 9.78. The summed E-state index contributed by atoms with van der Waals surface area (Å²) < 4.78 is 0. The smallest absolute Gasteiger partial charge is 0.223 e. The minimum Gasteiger partial charge on any atom is -0.355 e. The molecule has 30 heavy (non-hydrogen) atoms. The summed E-state index contributed by atoms with van der Waals surface area (Å²) in [4.78, 5) is 15.7. The third kappa shape index (κ3) is 4.10. The van der Waals surface area contributed by atoms with Crippen LogP contribution in [0.1, 0.15) is 69.8 Å². The zero-order chi connectivity index (χ0) is 20.4. The largest absolute Gasteiger partial charge is 0.355 e. The average Bonchev–Trinajstić information content (AvgIpc) is 3.27. The van der Waals surface area contributed by atoms with Crippen LogP contribution >= 0.6 is 0 Å². The molecule has 0 bridgehead atoms. The molecule has 4 aliphatic rings. The second-order valence-corrected chi connectivity index (χ2v) is 10.6. The van der Waals surface area contributed by atoms with Gasteiger partial charge in [-0.1, -0.05) is 55.3 Å². The molecule has 1 amide bonds. The van der Waals surface area contributed by atoms with E-state index in [-0.39, 0.29) is 11.3 Å². The van der Waals surface area contributed by atoms with Gasteiger partial charge in [-0.15, -0.1) is 0 Å². The Balaban J connectivity index is 1.12. The van der Waals surface area contributed by atoms with Crippen LogP contribution in [0.3, 0.4) is 0 Å². The highest BCUT2D eigenvalue weighted by molar-refractivity contribution is 5.82. The number of nitrogens with zero attached hydrogens (tertiary/aromatic N) is 1. The van der Waals surface area contributed by atoms with E-state index in [2.05, 4.69) is 52.7 Å². The van der Waals surface area contributed by atoms with Crippen molar-refractivity contribution < 1.29 is 4.79 Å². The van der Waals surface area contributed by atoms with Gasteiger partial charge in [0, 0.05) is 24.4 Å². The van der Waals surface area contributed by atoms with Crippen molar-refractivity contribution in [3.05, 3.63) is 48.0 Å². The van der Waals surface area contributed by atoms with Gasteiger partial charge >= 0.3 is 0 Å². The van der Waals surface area contributed by atoms with E-state index in [1.807, 2.05) is 0 Å². The highest BCUT2D eigenvalue weighted by atomic mass is 16.2. The van der Waals surface area contributed by atoms with Crippen molar-refractivity contribution >= 4 is 5.91 Å². The number of hydrogen-bond acceptors (Lipinski definition) is 2. The molecule has 3 nitrogen and oxygen atoms in total. The number of amides is 1. The van der Waals surface area contributed by atoms with Crippen molar-refractivity contribution in [1.82, 2.24) is 10.2 Å². The molecule has 0 radical (unpaired) electrons. The number of piperidine rings is 1. The van der Waals surface area contributed by atoms with E-state index < -0.39 is 0 Å². The zero-order valence-electron chi connectivity index (χ0n) is 18.5. The maximum Gasteiger partial charge on any atom is 0.223 e. The van der Waals surface area contributed by atoms with E-state index >= 15 is 0 Å². The van der Waals surface area contributed by atoms with Gasteiger partial charge in [-0.25, -0.2) is 0 Å². The lowest BCUT2D eigenvalue weighted by molar-refractivity contribution is -0.123. The van der Waals surface area contributed by atoms with Gasteiger partial charge in [-0.2, -0.15) is 0 Å². The van der Waals surface area contributed by atoms with Gasteiger partial charge in [-0.05, 0) is 81.4 Å². The molecule has 162 valence electrons. The molecule has 2 atom stereocenters. The Bertz CT molecular complexity index is 756. The maximum atomic E-state index is 13.1. The standard InChI is InChI=1S/C27H38N2O/c30-25(28-21-27(13-7-8-14-27)23-11-5-2-6-12-23)24-19-26(24)15-17-29(18-16-26)20-22-9-3-1-4-10-22/h1-3,5-6,11-12,22,24H,4,7-10,13-21H2,(H,28,30)/t22-,24-/m0/s1. The normalized spacial score (nSPS) is 29.7. The Morgan fingerprint density at radius 1 is 1.03 bits per heavy atom. The van der Waals surface area contributed by atoms with Gasteiger partial charge in [0.25, 0.3) is 0 Å². The van der Waals surface area contributed by atoms with Crippen LogP contribution in [-0.4, -0.2) is 37.0 Å². The molecule has 1 aliphatic heterocycles. The first-order valence-corrected chi connectivity index (χ1v) is 12.4. The van der Waals surface area contributed by atoms with Gasteiger partial charge in [0.2, 0.25) is 5.91 Å². The third-order valence-corrected chi connectivity index (χ3v) is 8.80. The molecule has 1 aromatic carbocycles. The summed E-state index contributed by atoms with van der Waals surface area (Å²) >= 11 is 0. The van der Waals surface area contributed by atoms with Gasteiger partial charge in [0.15, 0.2) is 0 Å². The first kappa shape index (κ1) is 20.3. The third-order valence-electron chi connectivity index (χ3n) is 8.80. The van der Waals surface area contributed by atoms with E-state index in [0.717, 1.165) is 18.9 Å². The first-order chi connectivity index (χ1) is 14.7. The minimum absolute atomic E-state index is 0.163. The molecule has 1 aromatic rings. The molecule has 1 heterocycles. The van der Waals surface area contributed by atoms with Crippen molar-refractivity contribution in [2.75, 3.05) is 26.2 Å². The average molecular weight is 407 g/mol. The van der Waals surface area contributed by atoms with Crippen molar-refractivity contribution in [3.8, 4) is 0 Å². The maximum absolute atomic E-state index is 13.1. The fraction of sp³-hybridized carbons (Fsp3) is 0.667. The number of rotatable bonds is 6. The summed E-state index contributed by atoms with van der Waals surface area (Å²) in [5.74, 6) is 1.46. The quantitative estimate of drug-likeness (QED) is 0.669. The van der Waals surface area contributed by atoms with Crippen LogP contribution < -0.4 is 5.32 Å². The van der Waals surface area contributed by atoms with Crippen LogP contribution in [0, 0.1) is 17.3 Å². The number of allylic oxidation sites excluding steroid dienone is 2. The second-order valence-electron chi connectivity index (χ2n) is 10.6. The molecule has 3 heteroatoms. The minimum atomic E-state index is 0.163.